The molecule has 2 saturated carbocycles. The average Bonchev–Trinajstić information content (AvgIpc) is 2.90. The van der Waals surface area contributed by atoms with Gasteiger partial charge in [0.05, 0.1) is 0 Å². The van der Waals surface area contributed by atoms with Gasteiger partial charge in [0.25, 0.3) is 0 Å². The minimum Gasteiger partial charge on any atom is -0.474 e. The van der Waals surface area contributed by atoms with E-state index in [9.17, 15) is 9.59 Å². The highest BCUT2D eigenvalue weighted by Crippen LogP contribution is 2.60. The maximum Gasteiger partial charge on any atom is 0.394 e. The molecule has 2 aliphatic carbocycles. The predicted molar refractivity (Wildman–Crippen MR) is 45.0 cm³/mol. The molecule has 0 heterocycles. The smallest absolute Gasteiger partial charge is 0.394 e. The van der Waals surface area contributed by atoms with Crippen LogP contribution in [0.25, 0.3) is 0 Å². The van der Waals surface area contributed by atoms with Gasteiger partial charge in [-0.3, -0.25) is 4.79 Å². The Kier molecular flexibility index (Phi) is 1.78. The van der Waals surface area contributed by atoms with E-state index in [2.05, 4.69) is 5.32 Å². The molecule has 0 aromatic carbocycles. The first-order valence-electron chi connectivity index (χ1n) is 4.65. The second-order valence-corrected chi connectivity index (χ2v) is 4.12. The van der Waals surface area contributed by atoms with Crippen molar-refractivity contribution in [3.05, 3.63) is 0 Å². The SMILES string of the molecule is O=C(O)C(=O)NCC1(C2CC2)CC1. The van der Waals surface area contributed by atoms with E-state index >= 15 is 0 Å². The Morgan fingerprint density at radius 1 is 1.38 bits per heavy atom. The number of hydrogen-bond acceptors (Lipinski definition) is 2. The number of rotatable bonds is 3. The zero-order valence-electron chi connectivity index (χ0n) is 7.38. The van der Waals surface area contributed by atoms with Crippen LogP contribution in [-0.2, 0) is 9.59 Å². The molecule has 4 nitrogen and oxygen atoms in total. The molecule has 0 aliphatic heterocycles. The summed E-state index contributed by atoms with van der Waals surface area (Å²) in [6.07, 6.45) is 4.81. The molecule has 2 aliphatic rings. The van der Waals surface area contributed by atoms with Gasteiger partial charge in [0, 0.05) is 6.54 Å². The predicted octanol–water partition coefficient (Wildman–Crippen LogP) is 0.377. The van der Waals surface area contributed by atoms with Gasteiger partial charge in [-0.05, 0) is 37.0 Å². The van der Waals surface area contributed by atoms with Crippen molar-refractivity contribution in [3.8, 4) is 0 Å². The van der Waals surface area contributed by atoms with Crippen molar-refractivity contribution in [1.29, 1.82) is 0 Å². The first-order chi connectivity index (χ1) is 6.14. The summed E-state index contributed by atoms with van der Waals surface area (Å²) in [5.41, 5.74) is 0.283. The van der Waals surface area contributed by atoms with Gasteiger partial charge in [-0.2, -0.15) is 0 Å². The van der Waals surface area contributed by atoms with Gasteiger partial charge in [0.2, 0.25) is 0 Å². The van der Waals surface area contributed by atoms with Gasteiger partial charge in [0.1, 0.15) is 0 Å². The Balaban J connectivity index is 1.79. The van der Waals surface area contributed by atoms with Crippen LogP contribution in [0.3, 0.4) is 0 Å². The summed E-state index contributed by atoms with van der Waals surface area (Å²) >= 11 is 0. The second-order valence-electron chi connectivity index (χ2n) is 4.12. The standard InChI is InChI=1S/C9H13NO3/c11-7(8(12)13)10-5-9(3-4-9)6-1-2-6/h6H,1-5H2,(H,10,11)(H,12,13). The minimum atomic E-state index is -1.38. The molecule has 2 N–H and O–H groups in total. The van der Waals surface area contributed by atoms with Crippen LogP contribution < -0.4 is 5.32 Å². The Labute approximate surface area is 76.3 Å². The summed E-state index contributed by atoms with van der Waals surface area (Å²) in [4.78, 5) is 21.0. The monoisotopic (exact) mass is 183 g/mol. The largest absolute Gasteiger partial charge is 0.474 e. The number of aliphatic carboxylic acids is 1. The van der Waals surface area contributed by atoms with E-state index in [0.717, 1.165) is 18.8 Å². The van der Waals surface area contributed by atoms with E-state index in [1.165, 1.54) is 12.8 Å². The average molecular weight is 183 g/mol. The molecule has 0 unspecified atom stereocenters. The number of carbonyl (C=O) groups is 2. The Morgan fingerprint density at radius 2 is 2.00 bits per heavy atom. The number of nitrogens with one attached hydrogen (secondary N) is 1. The zero-order valence-corrected chi connectivity index (χ0v) is 7.38. The maximum absolute atomic E-state index is 10.7. The summed E-state index contributed by atoms with van der Waals surface area (Å²) in [6, 6.07) is 0. The third-order valence-electron chi connectivity index (χ3n) is 3.13. The van der Waals surface area contributed by atoms with E-state index in [1.807, 2.05) is 0 Å². The highest BCUT2D eigenvalue weighted by atomic mass is 16.4. The first-order valence-corrected chi connectivity index (χ1v) is 4.65. The molecule has 0 radical (unpaired) electrons. The minimum absolute atomic E-state index is 0.283. The van der Waals surface area contributed by atoms with Crippen molar-refractivity contribution < 1.29 is 14.7 Å². The molecule has 2 fully saturated rings. The summed E-state index contributed by atoms with van der Waals surface area (Å²) in [5, 5.41) is 10.8. The number of carbonyl (C=O) groups excluding carboxylic acids is 1. The van der Waals surface area contributed by atoms with Crippen LogP contribution in [0.2, 0.25) is 0 Å². The van der Waals surface area contributed by atoms with E-state index in [1.54, 1.807) is 0 Å². The topological polar surface area (TPSA) is 66.4 Å². The number of carboxylic acid groups (broad SMARTS) is 1. The lowest BCUT2D eigenvalue weighted by molar-refractivity contribution is -0.150. The summed E-state index contributed by atoms with van der Waals surface area (Å²) < 4.78 is 0. The van der Waals surface area contributed by atoms with E-state index in [0.29, 0.717) is 6.54 Å². The summed E-state index contributed by atoms with van der Waals surface area (Å²) in [6.45, 7) is 0.558. The molecular weight excluding hydrogens is 170 g/mol. The van der Waals surface area contributed by atoms with Gasteiger partial charge in [0.15, 0.2) is 0 Å². The third-order valence-corrected chi connectivity index (χ3v) is 3.13. The van der Waals surface area contributed by atoms with Crippen molar-refractivity contribution in [2.24, 2.45) is 11.3 Å². The molecule has 72 valence electrons. The van der Waals surface area contributed by atoms with Crippen molar-refractivity contribution in [3.63, 3.8) is 0 Å². The fourth-order valence-corrected chi connectivity index (χ4v) is 1.92. The molecule has 0 saturated heterocycles. The van der Waals surface area contributed by atoms with Crippen LogP contribution in [0.5, 0.6) is 0 Å². The van der Waals surface area contributed by atoms with Crippen LogP contribution in [0, 0.1) is 11.3 Å². The van der Waals surface area contributed by atoms with Crippen LogP contribution in [0.4, 0.5) is 0 Å². The summed E-state index contributed by atoms with van der Waals surface area (Å²) in [7, 11) is 0. The van der Waals surface area contributed by atoms with E-state index in [4.69, 9.17) is 5.11 Å². The lowest BCUT2D eigenvalue weighted by Gasteiger charge is -2.13. The Hall–Kier alpha value is -1.06. The van der Waals surface area contributed by atoms with Gasteiger partial charge in [-0.1, -0.05) is 0 Å². The number of amides is 1. The fraction of sp³-hybridized carbons (Fsp3) is 0.778. The molecule has 0 atom stereocenters. The zero-order chi connectivity index (χ0) is 9.47. The van der Waals surface area contributed by atoms with Gasteiger partial charge < -0.3 is 10.4 Å². The molecule has 2 rings (SSSR count). The third kappa shape index (κ3) is 1.66. The lowest BCUT2D eigenvalue weighted by Crippen LogP contribution is -2.35. The molecule has 4 heteroatoms. The quantitative estimate of drug-likeness (QED) is 0.621. The van der Waals surface area contributed by atoms with Crippen molar-refractivity contribution in [2.75, 3.05) is 6.54 Å². The van der Waals surface area contributed by atoms with E-state index < -0.39 is 11.9 Å². The highest BCUT2D eigenvalue weighted by molar-refractivity contribution is 6.31. The van der Waals surface area contributed by atoms with Crippen LogP contribution in [0.15, 0.2) is 0 Å². The fourth-order valence-electron chi connectivity index (χ4n) is 1.92. The Morgan fingerprint density at radius 3 is 2.38 bits per heavy atom. The van der Waals surface area contributed by atoms with Crippen LogP contribution in [0.1, 0.15) is 25.7 Å². The van der Waals surface area contributed by atoms with Gasteiger partial charge >= 0.3 is 11.9 Å². The lowest BCUT2D eigenvalue weighted by atomic mass is 10.0. The molecule has 0 aromatic rings. The maximum atomic E-state index is 10.7. The van der Waals surface area contributed by atoms with Crippen molar-refractivity contribution in [2.45, 2.75) is 25.7 Å². The second kappa shape index (κ2) is 2.72. The van der Waals surface area contributed by atoms with Gasteiger partial charge in [-0.15, -0.1) is 0 Å². The van der Waals surface area contributed by atoms with E-state index in [-0.39, 0.29) is 5.41 Å². The number of hydrogen-bond donors (Lipinski definition) is 2. The normalized spacial score (nSPS) is 23.7. The molecule has 1 amide bonds. The molecule has 13 heavy (non-hydrogen) atoms. The highest BCUT2D eigenvalue weighted by Gasteiger charge is 2.53. The van der Waals surface area contributed by atoms with Crippen molar-refractivity contribution >= 4 is 11.9 Å². The number of carboxylic acids is 1. The Bertz CT molecular complexity index is 254. The van der Waals surface area contributed by atoms with Gasteiger partial charge in [-0.25, -0.2) is 4.79 Å². The van der Waals surface area contributed by atoms with Crippen LogP contribution >= 0.6 is 0 Å². The molecule has 0 spiro atoms. The van der Waals surface area contributed by atoms with Crippen molar-refractivity contribution in [1.82, 2.24) is 5.32 Å². The summed E-state index contributed by atoms with van der Waals surface area (Å²) in [5.74, 6) is -1.50. The first kappa shape index (κ1) is 8.53. The van der Waals surface area contributed by atoms with Crippen LogP contribution in [-0.4, -0.2) is 23.5 Å². The molecule has 0 bridgehead atoms. The molecule has 0 aromatic heterocycles. The molecular formula is C9H13NO3.